The van der Waals surface area contributed by atoms with E-state index in [2.05, 4.69) is 10.3 Å². The topological polar surface area (TPSA) is 88.6 Å². The van der Waals surface area contributed by atoms with Gasteiger partial charge >= 0.3 is 0 Å². The van der Waals surface area contributed by atoms with Crippen LogP contribution in [0.5, 0.6) is 0 Å². The van der Waals surface area contributed by atoms with Gasteiger partial charge in [-0.05, 0) is 12.5 Å². The van der Waals surface area contributed by atoms with Gasteiger partial charge in [-0.1, -0.05) is 36.7 Å². The Bertz CT molecular complexity index is 1020. The second-order valence-corrected chi connectivity index (χ2v) is 6.38. The highest BCUT2D eigenvalue weighted by Gasteiger charge is 2.18. The van der Waals surface area contributed by atoms with Crippen LogP contribution in [0.2, 0.25) is 5.02 Å². The van der Waals surface area contributed by atoms with Crippen molar-refractivity contribution in [2.45, 2.75) is 19.4 Å². The van der Waals surface area contributed by atoms with Crippen molar-refractivity contribution in [1.82, 2.24) is 19.3 Å². The van der Waals surface area contributed by atoms with E-state index in [9.17, 15) is 14.7 Å². The SMILES string of the molecule is CC[C@H](CO)NC(=O)c1cn2cc(-c3ccccc3Cl)n(C)c(=O)c2n1. The van der Waals surface area contributed by atoms with Crippen molar-refractivity contribution in [2.24, 2.45) is 7.05 Å². The van der Waals surface area contributed by atoms with Crippen molar-refractivity contribution in [3.8, 4) is 11.3 Å². The van der Waals surface area contributed by atoms with E-state index < -0.39 is 5.91 Å². The van der Waals surface area contributed by atoms with Crippen LogP contribution in [0.3, 0.4) is 0 Å². The molecular formula is C18H19ClN4O3. The predicted octanol–water partition coefficient (Wildman–Crippen LogP) is 1.85. The molecule has 2 N–H and O–H groups in total. The molecule has 0 saturated carbocycles. The van der Waals surface area contributed by atoms with Crippen LogP contribution in [0.4, 0.5) is 0 Å². The quantitative estimate of drug-likeness (QED) is 0.713. The first-order chi connectivity index (χ1) is 12.5. The van der Waals surface area contributed by atoms with Gasteiger partial charge in [0.05, 0.1) is 18.3 Å². The van der Waals surface area contributed by atoms with Crippen molar-refractivity contribution >= 4 is 23.2 Å². The largest absolute Gasteiger partial charge is 0.394 e. The van der Waals surface area contributed by atoms with Crippen LogP contribution >= 0.6 is 11.6 Å². The van der Waals surface area contributed by atoms with Crippen LogP contribution in [-0.2, 0) is 7.05 Å². The second-order valence-electron chi connectivity index (χ2n) is 5.98. The molecule has 1 aromatic carbocycles. The van der Waals surface area contributed by atoms with E-state index in [0.717, 1.165) is 0 Å². The summed E-state index contributed by atoms with van der Waals surface area (Å²) in [7, 11) is 1.63. The van der Waals surface area contributed by atoms with Crippen LogP contribution in [-0.4, -0.2) is 37.6 Å². The maximum atomic E-state index is 12.7. The third kappa shape index (κ3) is 3.23. The molecule has 2 heterocycles. The second kappa shape index (κ2) is 7.31. The molecule has 0 fully saturated rings. The minimum absolute atomic E-state index is 0.116. The number of carbonyl (C=O) groups excluding carboxylic acids is 1. The molecule has 0 spiro atoms. The number of hydrogen-bond acceptors (Lipinski definition) is 4. The molecule has 0 radical (unpaired) electrons. The molecule has 0 bridgehead atoms. The van der Waals surface area contributed by atoms with Crippen molar-refractivity contribution < 1.29 is 9.90 Å². The molecule has 26 heavy (non-hydrogen) atoms. The lowest BCUT2D eigenvalue weighted by Gasteiger charge is -2.12. The first-order valence-electron chi connectivity index (χ1n) is 8.21. The van der Waals surface area contributed by atoms with E-state index in [1.165, 1.54) is 15.2 Å². The number of carbonyl (C=O) groups is 1. The Morgan fingerprint density at radius 1 is 1.35 bits per heavy atom. The molecule has 1 atom stereocenters. The number of nitrogens with one attached hydrogen (secondary N) is 1. The first-order valence-corrected chi connectivity index (χ1v) is 8.59. The molecule has 0 unspecified atom stereocenters. The fourth-order valence-electron chi connectivity index (χ4n) is 2.69. The van der Waals surface area contributed by atoms with Gasteiger partial charge in [-0.25, -0.2) is 4.98 Å². The molecule has 0 aliphatic heterocycles. The summed E-state index contributed by atoms with van der Waals surface area (Å²) in [5.41, 5.74) is 1.24. The number of nitrogens with zero attached hydrogens (tertiary/aromatic N) is 3. The average Bonchev–Trinajstić information content (AvgIpc) is 3.07. The number of benzene rings is 1. The molecule has 8 heteroatoms. The minimum atomic E-state index is -0.434. The standard InChI is InChI=1S/C18H19ClN4O3/c1-3-11(10-24)20-17(25)14-8-23-9-15(12-6-4-5-7-13(12)19)22(2)18(26)16(23)21-14/h4-9,11,24H,3,10H2,1-2H3,(H,20,25)/t11-/m1/s1. The number of aromatic nitrogens is 3. The van der Waals surface area contributed by atoms with Gasteiger partial charge in [-0.2, -0.15) is 0 Å². The Labute approximate surface area is 154 Å². The Hall–Kier alpha value is -2.64. The Morgan fingerprint density at radius 2 is 2.08 bits per heavy atom. The molecule has 3 aromatic rings. The number of aliphatic hydroxyl groups is 1. The van der Waals surface area contributed by atoms with E-state index >= 15 is 0 Å². The average molecular weight is 375 g/mol. The molecule has 0 aliphatic carbocycles. The molecule has 7 nitrogen and oxygen atoms in total. The zero-order valence-corrected chi connectivity index (χ0v) is 15.2. The van der Waals surface area contributed by atoms with Gasteiger partial charge in [0, 0.05) is 30.0 Å². The zero-order valence-electron chi connectivity index (χ0n) is 14.4. The predicted molar refractivity (Wildman–Crippen MR) is 99.5 cm³/mol. The maximum absolute atomic E-state index is 12.7. The Morgan fingerprint density at radius 3 is 2.73 bits per heavy atom. The summed E-state index contributed by atoms with van der Waals surface area (Å²) in [4.78, 5) is 29.1. The van der Waals surface area contributed by atoms with E-state index in [-0.39, 0.29) is 29.5 Å². The van der Waals surface area contributed by atoms with Crippen LogP contribution in [0, 0.1) is 0 Å². The molecule has 3 rings (SSSR count). The van der Waals surface area contributed by atoms with Gasteiger partial charge in [-0.15, -0.1) is 0 Å². The fraction of sp³-hybridized carbons (Fsp3) is 0.278. The number of hydrogen-bond donors (Lipinski definition) is 2. The molecular weight excluding hydrogens is 356 g/mol. The summed E-state index contributed by atoms with van der Waals surface area (Å²) in [6.07, 6.45) is 3.80. The summed E-state index contributed by atoms with van der Waals surface area (Å²) in [5, 5.41) is 12.4. The van der Waals surface area contributed by atoms with Crippen LogP contribution in [0.1, 0.15) is 23.8 Å². The summed E-state index contributed by atoms with van der Waals surface area (Å²) in [6, 6.07) is 6.86. The molecule has 0 saturated heterocycles. The van der Waals surface area contributed by atoms with Gasteiger partial charge in [0.15, 0.2) is 0 Å². The maximum Gasteiger partial charge on any atom is 0.294 e. The zero-order chi connectivity index (χ0) is 18.8. The van der Waals surface area contributed by atoms with Crippen molar-refractivity contribution in [3.05, 3.63) is 57.7 Å². The van der Waals surface area contributed by atoms with Crippen LogP contribution in [0.15, 0.2) is 41.5 Å². The van der Waals surface area contributed by atoms with Gasteiger partial charge in [0.25, 0.3) is 11.5 Å². The van der Waals surface area contributed by atoms with E-state index in [4.69, 9.17) is 11.6 Å². The van der Waals surface area contributed by atoms with Crippen LogP contribution in [0.25, 0.3) is 16.9 Å². The van der Waals surface area contributed by atoms with Gasteiger partial charge in [0.1, 0.15) is 5.69 Å². The third-order valence-corrected chi connectivity index (χ3v) is 4.61. The normalized spacial score (nSPS) is 12.3. The highest BCUT2D eigenvalue weighted by atomic mass is 35.5. The number of aliphatic hydroxyl groups excluding tert-OH is 1. The number of halogens is 1. The summed E-state index contributed by atoms with van der Waals surface area (Å²) in [6.45, 7) is 1.70. The van der Waals surface area contributed by atoms with E-state index in [0.29, 0.717) is 22.7 Å². The summed E-state index contributed by atoms with van der Waals surface area (Å²) in [5.74, 6) is -0.434. The van der Waals surface area contributed by atoms with Crippen molar-refractivity contribution in [3.63, 3.8) is 0 Å². The lowest BCUT2D eigenvalue weighted by Crippen LogP contribution is -2.37. The number of rotatable bonds is 5. The lowest BCUT2D eigenvalue weighted by molar-refractivity contribution is 0.0910. The monoisotopic (exact) mass is 374 g/mol. The minimum Gasteiger partial charge on any atom is -0.394 e. The number of fused-ring (bicyclic) bond motifs is 1. The summed E-state index contributed by atoms with van der Waals surface area (Å²) >= 11 is 6.25. The number of amides is 1. The third-order valence-electron chi connectivity index (χ3n) is 4.28. The van der Waals surface area contributed by atoms with E-state index in [1.807, 2.05) is 25.1 Å². The Balaban J connectivity index is 2.08. The lowest BCUT2D eigenvalue weighted by atomic mass is 10.1. The molecule has 1 amide bonds. The fourth-order valence-corrected chi connectivity index (χ4v) is 2.93. The van der Waals surface area contributed by atoms with Gasteiger partial charge < -0.3 is 15.0 Å². The first kappa shape index (κ1) is 18.2. The highest BCUT2D eigenvalue weighted by Crippen LogP contribution is 2.26. The van der Waals surface area contributed by atoms with Crippen molar-refractivity contribution in [2.75, 3.05) is 6.61 Å². The smallest absolute Gasteiger partial charge is 0.294 e. The van der Waals surface area contributed by atoms with Crippen LogP contribution < -0.4 is 10.9 Å². The highest BCUT2D eigenvalue weighted by molar-refractivity contribution is 6.33. The molecule has 0 aliphatic rings. The van der Waals surface area contributed by atoms with Crippen molar-refractivity contribution in [1.29, 1.82) is 0 Å². The summed E-state index contributed by atoms with van der Waals surface area (Å²) < 4.78 is 2.98. The van der Waals surface area contributed by atoms with Gasteiger partial charge in [-0.3, -0.25) is 14.0 Å². The van der Waals surface area contributed by atoms with E-state index in [1.54, 1.807) is 19.3 Å². The number of imidazole rings is 1. The molecule has 2 aromatic heterocycles. The Kier molecular flexibility index (Phi) is 5.11. The van der Waals surface area contributed by atoms with Gasteiger partial charge in [0.2, 0.25) is 5.65 Å². The molecule has 136 valence electrons.